The second kappa shape index (κ2) is 5.59. The molecule has 1 saturated heterocycles. The summed E-state index contributed by atoms with van der Waals surface area (Å²) in [6.45, 7) is 1.30. The van der Waals surface area contributed by atoms with Gasteiger partial charge >= 0.3 is 0 Å². The van der Waals surface area contributed by atoms with Crippen molar-refractivity contribution in [2.24, 2.45) is 5.73 Å². The number of hydrogen-bond acceptors (Lipinski definition) is 3. The van der Waals surface area contributed by atoms with Crippen molar-refractivity contribution in [1.29, 1.82) is 0 Å². The minimum Gasteiger partial charge on any atom is -0.496 e. The normalized spacial score (nSPS) is 19.7. The van der Waals surface area contributed by atoms with Gasteiger partial charge in [0.15, 0.2) is 0 Å². The van der Waals surface area contributed by atoms with Crippen LogP contribution < -0.4 is 10.5 Å². The number of nitrogens with two attached hydrogens (primary N) is 1. The second-order valence-corrected chi connectivity index (χ2v) is 4.88. The third-order valence-electron chi connectivity index (χ3n) is 3.15. The highest BCUT2D eigenvalue weighted by molar-refractivity contribution is 6.34. The van der Waals surface area contributed by atoms with Crippen LogP contribution in [0.3, 0.4) is 0 Å². The Kier molecular flexibility index (Phi) is 4.09. The number of halogens is 1. The van der Waals surface area contributed by atoms with E-state index in [0.717, 1.165) is 19.4 Å². The van der Waals surface area contributed by atoms with Gasteiger partial charge in [0.2, 0.25) is 0 Å². The number of carbonyl (C=O) groups is 1. The summed E-state index contributed by atoms with van der Waals surface area (Å²) in [5.74, 6) is 0.402. The summed E-state index contributed by atoms with van der Waals surface area (Å²) in [4.78, 5) is 14.2. The molecule has 1 amide bonds. The van der Waals surface area contributed by atoms with Crippen LogP contribution in [0.5, 0.6) is 5.75 Å². The van der Waals surface area contributed by atoms with Gasteiger partial charge in [0.25, 0.3) is 5.91 Å². The third kappa shape index (κ3) is 2.60. The van der Waals surface area contributed by atoms with Gasteiger partial charge in [0.05, 0.1) is 12.1 Å². The summed E-state index contributed by atoms with van der Waals surface area (Å²) in [5, 5.41) is 0.415. The molecule has 1 heterocycles. The smallest absolute Gasteiger partial charge is 0.259 e. The molecular weight excluding hydrogens is 252 g/mol. The summed E-state index contributed by atoms with van der Waals surface area (Å²) in [7, 11) is 1.53. The van der Waals surface area contributed by atoms with Crippen molar-refractivity contribution >= 4 is 17.5 Å². The van der Waals surface area contributed by atoms with Crippen molar-refractivity contribution in [3.8, 4) is 5.75 Å². The number of nitrogens with zero attached hydrogens (tertiary/aromatic N) is 1. The van der Waals surface area contributed by atoms with E-state index in [9.17, 15) is 4.79 Å². The maximum atomic E-state index is 12.5. The van der Waals surface area contributed by atoms with Crippen molar-refractivity contribution in [1.82, 2.24) is 4.90 Å². The fourth-order valence-electron chi connectivity index (χ4n) is 2.23. The predicted octanol–water partition coefficient (Wildman–Crippen LogP) is 1.91. The van der Waals surface area contributed by atoms with Crippen LogP contribution >= 0.6 is 11.6 Å². The van der Waals surface area contributed by atoms with Crippen LogP contribution in [0, 0.1) is 0 Å². The average Bonchev–Trinajstić information content (AvgIpc) is 2.37. The SMILES string of the molecule is COc1cccc(Cl)c1C(=O)N1CCC[C@H](N)C1. The fourth-order valence-corrected chi connectivity index (χ4v) is 2.48. The number of piperidine rings is 1. The highest BCUT2D eigenvalue weighted by atomic mass is 35.5. The van der Waals surface area contributed by atoms with Crippen molar-refractivity contribution in [3.63, 3.8) is 0 Å². The monoisotopic (exact) mass is 268 g/mol. The quantitative estimate of drug-likeness (QED) is 0.891. The van der Waals surface area contributed by atoms with Gasteiger partial charge in [-0.3, -0.25) is 4.79 Å². The molecular formula is C13H17ClN2O2. The second-order valence-electron chi connectivity index (χ2n) is 4.47. The number of benzene rings is 1. The molecule has 2 N–H and O–H groups in total. The van der Waals surface area contributed by atoms with E-state index >= 15 is 0 Å². The van der Waals surface area contributed by atoms with E-state index in [4.69, 9.17) is 22.1 Å². The maximum Gasteiger partial charge on any atom is 0.259 e. The van der Waals surface area contributed by atoms with Gasteiger partial charge in [0.1, 0.15) is 11.3 Å². The standard InChI is InChI=1S/C13H17ClN2O2/c1-18-11-6-2-5-10(14)12(11)13(17)16-7-3-4-9(15)8-16/h2,5-6,9H,3-4,7-8,15H2,1H3/t9-/m0/s1. The van der Waals surface area contributed by atoms with Crippen molar-refractivity contribution in [2.45, 2.75) is 18.9 Å². The number of likely N-dealkylation sites (tertiary alicyclic amines) is 1. The minimum absolute atomic E-state index is 0.0520. The molecule has 1 aromatic rings. The molecule has 0 spiro atoms. The zero-order valence-electron chi connectivity index (χ0n) is 10.4. The van der Waals surface area contributed by atoms with Crippen LogP contribution in [0.2, 0.25) is 5.02 Å². The summed E-state index contributed by atoms with van der Waals surface area (Å²) in [5.41, 5.74) is 6.32. The molecule has 1 aromatic carbocycles. The zero-order chi connectivity index (χ0) is 13.1. The van der Waals surface area contributed by atoms with Gasteiger partial charge in [0, 0.05) is 19.1 Å². The first-order chi connectivity index (χ1) is 8.63. The number of carbonyl (C=O) groups excluding carboxylic acids is 1. The van der Waals surface area contributed by atoms with E-state index in [0.29, 0.717) is 22.9 Å². The van der Waals surface area contributed by atoms with Gasteiger partial charge < -0.3 is 15.4 Å². The Hall–Kier alpha value is -1.26. The van der Waals surface area contributed by atoms with E-state index in [-0.39, 0.29) is 11.9 Å². The Morgan fingerprint density at radius 3 is 3.00 bits per heavy atom. The molecule has 2 rings (SSSR count). The number of amides is 1. The van der Waals surface area contributed by atoms with E-state index in [2.05, 4.69) is 0 Å². The molecule has 0 radical (unpaired) electrons. The molecule has 0 saturated carbocycles. The lowest BCUT2D eigenvalue weighted by Crippen LogP contribution is -2.45. The molecule has 5 heteroatoms. The molecule has 18 heavy (non-hydrogen) atoms. The minimum atomic E-state index is -0.104. The Labute approximate surface area is 112 Å². The van der Waals surface area contributed by atoms with Crippen LogP contribution in [0.25, 0.3) is 0 Å². The lowest BCUT2D eigenvalue weighted by atomic mass is 10.0. The molecule has 98 valence electrons. The number of rotatable bonds is 2. The topological polar surface area (TPSA) is 55.6 Å². The van der Waals surface area contributed by atoms with Crippen molar-refractivity contribution in [2.75, 3.05) is 20.2 Å². The molecule has 0 aromatic heterocycles. The van der Waals surface area contributed by atoms with E-state index in [1.807, 2.05) is 0 Å². The van der Waals surface area contributed by atoms with Crippen LogP contribution in [-0.2, 0) is 0 Å². The summed E-state index contributed by atoms with van der Waals surface area (Å²) >= 11 is 6.10. The molecule has 1 atom stereocenters. The summed E-state index contributed by atoms with van der Waals surface area (Å²) in [6, 6.07) is 5.25. The Morgan fingerprint density at radius 1 is 1.56 bits per heavy atom. The van der Waals surface area contributed by atoms with Gasteiger partial charge in [-0.15, -0.1) is 0 Å². The molecule has 1 fully saturated rings. The van der Waals surface area contributed by atoms with E-state index in [1.165, 1.54) is 7.11 Å². The van der Waals surface area contributed by atoms with E-state index in [1.54, 1.807) is 23.1 Å². The number of methoxy groups -OCH3 is 1. The lowest BCUT2D eigenvalue weighted by molar-refractivity contribution is 0.0705. The van der Waals surface area contributed by atoms with Gasteiger partial charge in [-0.25, -0.2) is 0 Å². The van der Waals surface area contributed by atoms with Crippen LogP contribution in [0.1, 0.15) is 23.2 Å². The number of ether oxygens (including phenoxy) is 1. The van der Waals surface area contributed by atoms with Crippen molar-refractivity contribution < 1.29 is 9.53 Å². The lowest BCUT2D eigenvalue weighted by Gasteiger charge is -2.31. The Bertz CT molecular complexity index is 451. The summed E-state index contributed by atoms with van der Waals surface area (Å²) in [6.07, 6.45) is 1.89. The molecule has 0 bridgehead atoms. The molecule has 0 unspecified atom stereocenters. The fraction of sp³-hybridized carbons (Fsp3) is 0.462. The molecule has 1 aliphatic rings. The Balaban J connectivity index is 2.28. The molecule has 0 aliphatic carbocycles. The van der Waals surface area contributed by atoms with Crippen LogP contribution in [0.15, 0.2) is 18.2 Å². The summed E-state index contributed by atoms with van der Waals surface area (Å²) < 4.78 is 5.20. The van der Waals surface area contributed by atoms with Crippen molar-refractivity contribution in [3.05, 3.63) is 28.8 Å². The van der Waals surface area contributed by atoms with E-state index < -0.39 is 0 Å². The van der Waals surface area contributed by atoms with Crippen LogP contribution in [-0.4, -0.2) is 37.0 Å². The first-order valence-corrected chi connectivity index (χ1v) is 6.38. The molecule has 1 aliphatic heterocycles. The van der Waals surface area contributed by atoms with Gasteiger partial charge in [-0.05, 0) is 25.0 Å². The van der Waals surface area contributed by atoms with Crippen LogP contribution in [0.4, 0.5) is 0 Å². The van der Waals surface area contributed by atoms with Gasteiger partial charge in [-0.1, -0.05) is 17.7 Å². The highest BCUT2D eigenvalue weighted by Crippen LogP contribution is 2.28. The van der Waals surface area contributed by atoms with Gasteiger partial charge in [-0.2, -0.15) is 0 Å². The third-order valence-corrected chi connectivity index (χ3v) is 3.47. The largest absolute Gasteiger partial charge is 0.496 e. The first kappa shape index (κ1) is 13.2. The maximum absolute atomic E-state index is 12.5. The highest BCUT2D eigenvalue weighted by Gasteiger charge is 2.26. The number of hydrogen-bond donors (Lipinski definition) is 1. The first-order valence-electron chi connectivity index (χ1n) is 6.01. The average molecular weight is 269 g/mol. The molecule has 4 nitrogen and oxygen atoms in total. The zero-order valence-corrected chi connectivity index (χ0v) is 11.1. The Morgan fingerprint density at radius 2 is 2.33 bits per heavy atom. The predicted molar refractivity (Wildman–Crippen MR) is 71.1 cm³/mol.